The van der Waals surface area contributed by atoms with Crippen molar-refractivity contribution in [3.05, 3.63) is 35.4 Å². The number of carbonyl (C=O) groups excluding carboxylic acids is 1. The summed E-state index contributed by atoms with van der Waals surface area (Å²) in [5.41, 5.74) is 1.82. The molecule has 3 heteroatoms. The van der Waals surface area contributed by atoms with E-state index < -0.39 is 0 Å². The van der Waals surface area contributed by atoms with Crippen LogP contribution in [0.3, 0.4) is 0 Å². The maximum Gasteiger partial charge on any atom is 0.337 e. The van der Waals surface area contributed by atoms with E-state index in [4.69, 9.17) is 4.74 Å². The molecule has 1 aromatic rings. The molecule has 0 amide bonds. The number of methoxy groups -OCH3 is 1. The van der Waals surface area contributed by atoms with E-state index in [0.29, 0.717) is 5.56 Å². The van der Waals surface area contributed by atoms with Crippen molar-refractivity contribution in [1.82, 2.24) is 0 Å². The highest BCUT2D eigenvalue weighted by atomic mass is 16.5. The van der Waals surface area contributed by atoms with Gasteiger partial charge in [0.05, 0.1) is 12.7 Å². The third-order valence-corrected chi connectivity index (χ3v) is 2.77. The summed E-state index contributed by atoms with van der Waals surface area (Å²) in [4.78, 5) is 11.2. The third kappa shape index (κ3) is 5.32. The molecule has 0 bridgehead atoms. The Morgan fingerprint density at radius 1 is 1.11 bits per heavy atom. The molecule has 0 N–H and O–H groups in total. The number of esters is 1. The van der Waals surface area contributed by atoms with Crippen LogP contribution < -0.4 is 0 Å². The van der Waals surface area contributed by atoms with Crippen molar-refractivity contribution in [1.29, 1.82) is 0 Å². The Balaban J connectivity index is 2.25. The number of hydrogen-bond donors (Lipinski definition) is 0. The second-order valence-corrected chi connectivity index (χ2v) is 4.26. The van der Waals surface area contributed by atoms with E-state index in [1.807, 2.05) is 12.1 Å². The molecular formula is C15H22O3. The Bertz CT molecular complexity index is 343. The van der Waals surface area contributed by atoms with Gasteiger partial charge in [0.2, 0.25) is 0 Å². The van der Waals surface area contributed by atoms with Crippen LogP contribution >= 0.6 is 0 Å². The van der Waals surface area contributed by atoms with Gasteiger partial charge >= 0.3 is 5.97 Å². The highest BCUT2D eigenvalue weighted by Gasteiger charge is 2.03. The average Bonchev–Trinajstić information content (AvgIpc) is 2.42. The smallest absolute Gasteiger partial charge is 0.337 e. The molecular weight excluding hydrogens is 228 g/mol. The first-order valence-electron chi connectivity index (χ1n) is 6.53. The topological polar surface area (TPSA) is 35.5 Å². The van der Waals surface area contributed by atoms with Gasteiger partial charge in [-0.05, 0) is 37.0 Å². The first kappa shape index (κ1) is 14.7. The van der Waals surface area contributed by atoms with Crippen LogP contribution in [0, 0.1) is 0 Å². The van der Waals surface area contributed by atoms with Gasteiger partial charge in [-0.2, -0.15) is 0 Å². The van der Waals surface area contributed by atoms with Gasteiger partial charge in [0.15, 0.2) is 0 Å². The Morgan fingerprint density at radius 2 is 1.78 bits per heavy atom. The van der Waals surface area contributed by atoms with E-state index >= 15 is 0 Å². The lowest BCUT2D eigenvalue weighted by Crippen LogP contribution is -2.01. The fourth-order valence-electron chi connectivity index (χ4n) is 1.65. The zero-order valence-corrected chi connectivity index (χ0v) is 11.3. The Kier molecular flexibility index (Phi) is 7.11. The van der Waals surface area contributed by atoms with Gasteiger partial charge < -0.3 is 9.47 Å². The van der Waals surface area contributed by atoms with Gasteiger partial charge in [-0.1, -0.05) is 25.5 Å². The van der Waals surface area contributed by atoms with E-state index in [2.05, 4.69) is 11.7 Å². The van der Waals surface area contributed by atoms with Gasteiger partial charge in [0.1, 0.15) is 0 Å². The average molecular weight is 250 g/mol. The second kappa shape index (κ2) is 8.70. The molecule has 0 aliphatic rings. The van der Waals surface area contributed by atoms with Crippen LogP contribution in [0.15, 0.2) is 24.3 Å². The number of hydrogen-bond acceptors (Lipinski definition) is 3. The SMILES string of the molecule is CCCCOCCCc1ccc(C(=O)OC)cc1. The van der Waals surface area contributed by atoms with Crippen LogP contribution in [0.5, 0.6) is 0 Å². The zero-order chi connectivity index (χ0) is 13.2. The summed E-state index contributed by atoms with van der Waals surface area (Å²) in [6, 6.07) is 7.55. The summed E-state index contributed by atoms with van der Waals surface area (Å²) in [7, 11) is 1.39. The molecule has 0 heterocycles. The van der Waals surface area contributed by atoms with Crippen molar-refractivity contribution in [3.63, 3.8) is 0 Å². The molecule has 1 rings (SSSR count). The molecule has 18 heavy (non-hydrogen) atoms. The van der Waals surface area contributed by atoms with Gasteiger partial charge in [-0.15, -0.1) is 0 Å². The van der Waals surface area contributed by atoms with Crippen molar-refractivity contribution in [3.8, 4) is 0 Å². The zero-order valence-electron chi connectivity index (χ0n) is 11.3. The Hall–Kier alpha value is -1.35. The second-order valence-electron chi connectivity index (χ2n) is 4.26. The quantitative estimate of drug-likeness (QED) is 0.525. The predicted molar refractivity (Wildman–Crippen MR) is 71.8 cm³/mol. The minimum absolute atomic E-state index is 0.288. The number of carbonyl (C=O) groups is 1. The molecule has 0 saturated heterocycles. The van der Waals surface area contributed by atoms with Crippen LogP contribution in [0.25, 0.3) is 0 Å². The Labute approximate surface area is 109 Å². The molecule has 100 valence electrons. The molecule has 0 spiro atoms. The fourth-order valence-corrected chi connectivity index (χ4v) is 1.65. The van der Waals surface area contributed by atoms with Crippen molar-refractivity contribution in [2.75, 3.05) is 20.3 Å². The minimum Gasteiger partial charge on any atom is -0.465 e. The normalized spacial score (nSPS) is 10.3. The van der Waals surface area contributed by atoms with Crippen molar-refractivity contribution in [2.24, 2.45) is 0 Å². The summed E-state index contributed by atoms with van der Waals surface area (Å²) in [5.74, 6) is -0.288. The van der Waals surface area contributed by atoms with Crippen molar-refractivity contribution < 1.29 is 14.3 Å². The molecule has 0 aliphatic heterocycles. The van der Waals surface area contributed by atoms with E-state index in [9.17, 15) is 4.79 Å². The summed E-state index contributed by atoms with van der Waals surface area (Å²) < 4.78 is 10.2. The third-order valence-electron chi connectivity index (χ3n) is 2.77. The molecule has 3 nitrogen and oxygen atoms in total. The lowest BCUT2D eigenvalue weighted by Gasteiger charge is -2.04. The standard InChI is InChI=1S/C15H22O3/c1-3-4-11-18-12-5-6-13-7-9-14(10-8-13)15(16)17-2/h7-10H,3-6,11-12H2,1-2H3. The van der Waals surface area contributed by atoms with Gasteiger partial charge in [0.25, 0.3) is 0 Å². The largest absolute Gasteiger partial charge is 0.465 e. The lowest BCUT2D eigenvalue weighted by molar-refractivity contribution is 0.0600. The molecule has 0 unspecified atom stereocenters. The van der Waals surface area contributed by atoms with Crippen LogP contribution in [-0.4, -0.2) is 26.3 Å². The summed E-state index contributed by atoms with van der Waals surface area (Å²) in [5, 5.41) is 0. The molecule has 1 aromatic carbocycles. The molecule has 0 saturated carbocycles. The molecule has 0 atom stereocenters. The van der Waals surface area contributed by atoms with E-state index in [1.54, 1.807) is 12.1 Å². The number of aryl methyl sites for hydroxylation is 1. The van der Waals surface area contributed by atoms with Crippen molar-refractivity contribution in [2.45, 2.75) is 32.6 Å². The van der Waals surface area contributed by atoms with Crippen molar-refractivity contribution >= 4 is 5.97 Å². The van der Waals surface area contributed by atoms with Gasteiger partial charge in [0, 0.05) is 13.2 Å². The van der Waals surface area contributed by atoms with E-state index in [0.717, 1.165) is 32.5 Å². The molecule has 0 aliphatic carbocycles. The first-order valence-corrected chi connectivity index (χ1v) is 6.53. The summed E-state index contributed by atoms with van der Waals surface area (Å²) >= 11 is 0. The van der Waals surface area contributed by atoms with Crippen LogP contribution in [-0.2, 0) is 15.9 Å². The summed E-state index contributed by atoms with van der Waals surface area (Å²) in [6.07, 6.45) is 4.30. The number of ether oxygens (including phenoxy) is 2. The van der Waals surface area contributed by atoms with Crippen LogP contribution in [0.4, 0.5) is 0 Å². The maximum absolute atomic E-state index is 11.2. The van der Waals surface area contributed by atoms with E-state index in [-0.39, 0.29) is 5.97 Å². The van der Waals surface area contributed by atoms with Gasteiger partial charge in [-0.25, -0.2) is 4.79 Å². The van der Waals surface area contributed by atoms with Gasteiger partial charge in [-0.3, -0.25) is 0 Å². The maximum atomic E-state index is 11.2. The number of unbranched alkanes of at least 4 members (excludes halogenated alkanes) is 1. The number of rotatable bonds is 8. The molecule has 0 radical (unpaired) electrons. The highest BCUT2D eigenvalue weighted by molar-refractivity contribution is 5.89. The van der Waals surface area contributed by atoms with Crippen LogP contribution in [0.1, 0.15) is 42.1 Å². The predicted octanol–water partition coefficient (Wildman–Crippen LogP) is 3.22. The van der Waals surface area contributed by atoms with E-state index in [1.165, 1.54) is 19.1 Å². The highest BCUT2D eigenvalue weighted by Crippen LogP contribution is 2.08. The monoisotopic (exact) mass is 250 g/mol. The Morgan fingerprint density at radius 3 is 2.39 bits per heavy atom. The minimum atomic E-state index is -0.288. The molecule has 0 fully saturated rings. The fraction of sp³-hybridized carbons (Fsp3) is 0.533. The lowest BCUT2D eigenvalue weighted by atomic mass is 10.1. The first-order chi connectivity index (χ1) is 8.77. The number of benzene rings is 1. The van der Waals surface area contributed by atoms with Crippen LogP contribution in [0.2, 0.25) is 0 Å². The molecule has 0 aromatic heterocycles. The summed E-state index contributed by atoms with van der Waals surface area (Å²) in [6.45, 7) is 3.82.